The zero-order chi connectivity index (χ0) is 14.9. The lowest BCUT2D eigenvalue weighted by atomic mass is 10.1. The van der Waals surface area contributed by atoms with Crippen LogP contribution in [0, 0.1) is 0 Å². The lowest BCUT2D eigenvalue weighted by Gasteiger charge is -2.08. The molecule has 0 saturated carbocycles. The predicted octanol–water partition coefficient (Wildman–Crippen LogP) is 3.95. The maximum Gasteiger partial charge on any atom is 0.431 e. The van der Waals surface area contributed by atoms with E-state index >= 15 is 0 Å². The monoisotopic (exact) mass is 305 g/mol. The van der Waals surface area contributed by atoms with E-state index in [2.05, 4.69) is 9.72 Å². The number of rotatable bonds is 3. The molecule has 3 nitrogen and oxygen atoms in total. The van der Waals surface area contributed by atoms with Crippen molar-refractivity contribution in [2.75, 3.05) is 7.11 Å². The van der Waals surface area contributed by atoms with Crippen LogP contribution in [0.2, 0.25) is 5.02 Å². The van der Waals surface area contributed by atoms with Gasteiger partial charge in [-0.05, 0) is 24.1 Å². The van der Waals surface area contributed by atoms with Gasteiger partial charge in [0.25, 0.3) is 0 Å². The molecule has 0 aliphatic heterocycles. The molecule has 0 spiro atoms. The number of alkyl halides is 3. The third kappa shape index (κ3) is 2.75. The van der Waals surface area contributed by atoms with E-state index in [1.165, 1.54) is 19.2 Å². The number of hydrogen-bond acceptors (Lipinski definition) is 2. The summed E-state index contributed by atoms with van der Waals surface area (Å²) in [6, 6.07) is 4.59. The second-order valence-electron chi connectivity index (χ2n) is 4.21. The molecule has 0 radical (unpaired) electrons. The van der Waals surface area contributed by atoms with Crippen molar-refractivity contribution in [3.63, 3.8) is 0 Å². The van der Waals surface area contributed by atoms with Gasteiger partial charge in [-0.25, -0.2) is 0 Å². The first-order valence-electron chi connectivity index (χ1n) is 5.77. The minimum absolute atomic E-state index is 0.0106. The highest BCUT2D eigenvalue weighted by Gasteiger charge is 2.36. The van der Waals surface area contributed by atoms with Gasteiger partial charge in [-0.2, -0.15) is 13.2 Å². The number of H-pyrrole nitrogens is 1. The van der Waals surface area contributed by atoms with Crippen molar-refractivity contribution in [1.82, 2.24) is 4.98 Å². The molecule has 0 bridgehead atoms. The van der Waals surface area contributed by atoms with E-state index in [0.29, 0.717) is 10.9 Å². The Morgan fingerprint density at radius 3 is 2.70 bits per heavy atom. The quantitative estimate of drug-likeness (QED) is 0.873. The Labute approximate surface area is 117 Å². The topological polar surface area (TPSA) is 42.1 Å². The zero-order valence-electron chi connectivity index (χ0n) is 10.5. The van der Waals surface area contributed by atoms with Crippen LogP contribution in [0.3, 0.4) is 0 Å². The molecule has 1 heterocycles. The van der Waals surface area contributed by atoms with Crippen LogP contribution in [0.1, 0.15) is 17.7 Å². The number of fused-ring (bicyclic) bond motifs is 1. The summed E-state index contributed by atoms with van der Waals surface area (Å²) in [4.78, 5) is 13.5. The second-order valence-corrected chi connectivity index (χ2v) is 4.62. The Balaban J connectivity index is 2.55. The van der Waals surface area contributed by atoms with Crippen molar-refractivity contribution in [2.24, 2.45) is 0 Å². The molecule has 0 aliphatic rings. The van der Waals surface area contributed by atoms with Crippen LogP contribution in [-0.4, -0.2) is 18.1 Å². The highest BCUT2D eigenvalue weighted by atomic mass is 35.5. The van der Waals surface area contributed by atoms with Gasteiger partial charge >= 0.3 is 12.1 Å². The van der Waals surface area contributed by atoms with E-state index in [1.54, 1.807) is 6.07 Å². The lowest BCUT2D eigenvalue weighted by molar-refractivity contribution is -0.143. The van der Waals surface area contributed by atoms with Crippen molar-refractivity contribution < 1.29 is 22.7 Å². The van der Waals surface area contributed by atoms with Gasteiger partial charge in [0.1, 0.15) is 5.69 Å². The summed E-state index contributed by atoms with van der Waals surface area (Å²) in [7, 11) is 1.19. The van der Waals surface area contributed by atoms with Crippen molar-refractivity contribution >= 4 is 28.5 Å². The summed E-state index contributed by atoms with van der Waals surface area (Å²) < 4.78 is 43.6. The Kier molecular flexibility index (Phi) is 3.94. The first-order valence-corrected chi connectivity index (χ1v) is 6.15. The zero-order valence-corrected chi connectivity index (χ0v) is 11.2. The summed E-state index contributed by atoms with van der Waals surface area (Å²) in [5.41, 5.74) is -0.585. The van der Waals surface area contributed by atoms with Crippen molar-refractivity contribution in [3.8, 4) is 0 Å². The van der Waals surface area contributed by atoms with Crippen molar-refractivity contribution in [1.29, 1.82) is 0 Å². The van der Waals surface area contributed by atoms with E-state index < -0.39 is 17.8 Å². The first kappa shape index (κ1) is 14.7. The van der Waals surface area contributed by atoms with Gasteiger partial charge < -0.3 is 9.72 Å². The number of methoxy groups -OCH3 is 1. The van der Waals surface area contributed by atoms with E-state index in [9.17, 15) is 18.0 Å². The van der Waals surface area contributed by atoms with Gasteiger partial charge in [-0.3, -0.25) is 4.79 Å². The molecule has 20 heavy (non-hydrogen) atoms. The smallest absolute Gasteiger partial charge is 0.431 e. The molecule has 0 aliphatic carbocycles. The maximum atomic E-state index is 13.0. The Hall–Kier alpha value is -1.69. The molecule has 108 valence electrons. The van der Waals surface area contributed by atoms with Crippen LogP contribution in [0.15, 0.2) is 18.2 Å². The standard InChI is InChI=1S/C13H11ClF3NO2/c1-20-10(19)6-5-7-11-8(14)3-2-4-9(11)18-12(7)13(15,16)17/h2-4,18H,5-6H2,1H3. The van der Waals surface area contributed by atoms with E-state index in [0.717, 1.165) is 0 Å². The molecule has 0 unspecified atom stereocenters. The third-order valence-electron chi connectivity index (χ3n) is 2.97. The number of hydrogen-bond donors (Lipinski definition) is 1. The van der Waals surface area contributed by atoms with Gasteiger partial charge in [0, 0.05) is 17.3 Å². The molecular weight excluding hydrogens is 295 g/mol. The van der Waals surface area contributed by atoms with Gasteiger partial charge in [0.2, 0.25) is 0 Å². The van der Waals surface area contributed by atoms with Crippen LogP contribution in [0.4, 0.5) is 13.2 Å². The first-order chi connectivity index (χ1) is 9.34. The number of aromatic amines is 1. The summed E-state index contributed by atoms with van der Waals surface area (Å²) in [6.07, 6.45) is -4.77. The van der Waals surface area contributed by atoms with Gasteiger partial charge in [0.15, 0.2) is 0 Å². The number of aromatic nitrogens is 1. The fourth-order valence-corrected chi connectivity index (χ4v) is 2.38. The molecule has 1 N–H and O–H groups in total. The van der Waals surface area contributed by atoms with E-state index in [1.807, 2.05) is 0 Å². The van der Waals surface area contributed by atoms with Crippen molar-refractivity contribution in [3.05, 3.63) is 34.5 Å². The summed E-state index contributed by atoms with van der Waals surface area (Å²) in [5, 5.41) is 0.513. The highest BCUT2D eigenvalue weighted by Crippen LogP contribution is 2.38. The average molecular weight is 306 g/mol. The fraction of sp³-hybridized carbons (Fsp3) is 0.308. The number of halogens is 4. The number of carbonyl (C=O) groups is 1. The summed E-state index contributed by atoms with van der Waals surface area (Å²) in [5.74, 6) is -0.570. The number of esters is 1. The van der Waals surface area contributed by atoms with Gasteiger partial charge in [-0.1, -0.05) is 17.7 Å². The molecule has 2 rings (SSSR count). The molecule has 0 amide bonds. The number of benzene rings is 1. The minimum atomic E-state index is -4.53. The molecule has 0 fully saturated rings. The largest absolute Gasteiger partial charge is 0.469 e. The van der Waals surface area contributed by atoms with Gasteiger partial charge in [0.05, 0.1) is 12.1 Å². The van der Waals surface area contributed by atoms with Crippen LogP contribution < -0.4 is 0 Å². The minimum Gasteiger partial charge on any atom is -0.469 e. The van der Waals surface area contributed by atoms with Gasteiger partial charge in [-0.15, -0.1) is 0 Å². The SMILES string of the molecule is COC(=O)CCc1c(C(F)(F)F)[nH]c2cccc(Cl)c12. The number of aryl methyl sites for hydroxylation is 1. The molecule has 7 heteroatoms. The Morgan fingerprint density at radius 2 is 2.10 bits per heavy atom. The van der Waals surface area contributed by atoms with E-state index in [-0.39, 0.29) is 23.4 Å². The number of ether oxygens (including phenoxy) is 1. The molecule has 0 atom stereocenters. The molecular formula is C13H11ClF3NO2. The molecule has 1 aromatic heterocycles. The van der Waals surface area contributed by atoms with Crippen molar-refractivity contribution in [2.45, 2.75) is 19.0 Å². The second kappa shape index (κ2) is 5.36. The Morgan fingerprint density at radius 1 is 1.40 bits per heavy atom. The molecule has 2 aromatic rings. The maximum absolute atomic E-state index is 13.0. The highest BCUT2D eigenvalue weighted by molar-refractivity contribution is 6.35. The Bertz CT molecular complexity index is 649. The number of nitrogens with one attached hydrogen (secondary N) is 1. The molecule has 0 saturated heterocycles. The number of carbonyl (C=O) groups excluding carboxylic acids is 1. The average Bonchev–Trinajstić information content (AvgIpc) is 2.76. The lowest BCUT2D eigenvalue weighted by Crippen LogP contribution is -2.10. The third-order valence-corrected chi connectivity index (χ3v) is 3.28. The van der Waals surface area contributed by atoms with E-state index in [4.69, 9.17) is 11.6 Å². The van der Waals surface area contributed by atoms with Crippen LogP contribution in [0.5, 0.6) is 0 Å². The predicted molar refractivity (Wildman–Crippen MR) is 68.6 cm³/mol. The fourth-order valence-electron chi connectivity index (χ4n) is 2.09. The summed E-state index contributed by atoms with van der Waals surface area (Å²) >= 11 is 5.97. The van der Waals surface area contributed by atoms with Crippen LogP contribution in [0.25, 0.3) is 10.9 Å². The normalized spacial score (nSPS) is 11.8. The van der Waals surface area contributed by atoms with Crippen LogP contribution >= 0.6 is 11.6 Å². The molecule has 1 aromatic carbocycles. The van der Waals surface area contributed by atoms with Crippen LogP contribution in [-0.2, 0) is 22.1 Å². The summed E-state index contributed by atoms with van der Waals surface area (Å²) in [6.45, 7) is 0.